The van der Waals surface area contributed by atoms with Crippen LogP contribution in [0.15, 0.2) is 0 Å². The van der Waals surface area contributed by atoms with Gasteiger partial charge in [-0.15, -0.1) is 0 Å². The zero-order valence-corrected chi connectivity index (χ0v) is 6.16. The molecule has 0 aliphatic heterocycles. The number of Topliss-reactive ketones (excluding diaryl/α,β-unsaturated/α-hetero) is 1. The molecule has 0 aromatic rings. The van der Waals surface area contributed by atoms with Crippen molar-refractivity contribution in [3.05, 3.63) is 0 Å². The summed E-state index contributed by atoms with van der Waals surface area (Å²) in [7, 11) is 0. The Balaban J connectivity index is 2.90. The van der Waals surface area contributed by atoms with E-state index in [0.717, 1.165) is 6.92 Å². The molecule has 0 bridgehead atoms. The quantitative estimate of drug-likeness (QED) is 0.539. The standard InChI is InChI=1S/C7H9F3O/c1-6(7(8,9)10)4-2-3-5(6)11/h2-4H2,1H3/t6-/m0/s1. The van der Waals surface area contributed by atoms with Crippen molar-refractivity contribution in [2.75, 3.05) is 0 Å². The Bertz CT molecular complexity index is 185. The highest BCUT2D eigenvalue weighted by atomic mass is 19.4. The van der Waals surface area contributed by atoms with Gasteiger partial charge in [0.15, 0.2) is 0 Å². The molecule has 0 amide bonds. The van der Waals surface area contributed by atoms with Gasteiger partial charge in [-0.1, -0.05) is 0 Å². The first-order chi connectivity index (χ1) is 4.88. The molecule has 0 radical (unpaired) electrons. The average molecular weight is 166 g/mol. The van der Waals surface area contributed by atoms with Crippen molar-refractivity contribution >= 4 is 5.78 Å². The molecule has 4 heteroatoms. The van der Waals surface area contributed by atoms with E-state index in [2.05, 4.69) is 0 Å². The molecule has 1 nitrogen and oxygen atoms in total. The van der Waals surface area contributed by atoms with Crippen molar-refractivity contribution in [1.82, 2.24) is 0 Å². The first-order valence-corrected chi connectivity index (χ1v) is 3.48. The number of hydrogen-bond acceptors (Lipinski definition) is 1. The number of halogens is 3. The van der Waals surface area contributed by atoms with Crippen LogP contribution < -0.4 is 0 Å². The third-order valence-corrected chi connectivity index (χ3v) is 2.32. The SMILES string of the molecule is C[C@]1(C(F)(F)F)CCCC1=O. The zero-order chi connectivity index (χ0) is 8.70. The van der Waals surface area contributed by atoms with Crippen molar-refractivity contribution in [1.29, 1.82) is 0 Å². The molecule has 1 aliphatic rings. The normalized spacial score (nSPS) is 32.9. The minimum Gasteiger partial charge on any atom is -0.299 e. The predicted molar refractivity (Wildman–Crippen MR) is 33.0 cm³/mol. The van der Waals surface area contributed by atoms with E-state index in [1.807, 2.05) is 0 Å². The smallest absolute Gasteiger partial charge is 0.299 e. The van der Waals surface area contributed by atoms with Gasteiger partial charge in [-0.3, -0.25) is 4.79 Å². The molecule has 1 saturated carbocycles. The highest BCUT2D eigenvalue weighted by Gasteiger charge is 2.57. The van der Waals surface area contributed by atoms with Crippen molar-refractivity contribution in [3.63, 3.8) is 0 Å². The maximum absolute atomic E-state index is 12.2. The zero-order valence-electron chi connectivity index (χ0n) is 6.16. The average Bonchev–Trinajstić information content (AvgIpc) is 2.12. The summed E-state index contributed by atoms with van der Waals surface area (Å²) in [4.78, 5) is 10.8. The van der Waals surface area contributed by atoms with E-state index in [9.17, 15) is 18.0 Å². The van der Waals surface area contributed by atoms with Gasteiger partial charge in [-0.2, -0.15) is 13.2 Å². The van der Waals surface area contributed by atoms with Crippen LogP contribution in [0.25, 0.3) is 0 Å². The van der Waals surface area contributed by atoms with Crippen LogP contribution in [-0.2, 0) is 4.79 Å². The van der Waals surface area contributed by atoms with Crippen LogP contribution in [0.2, 0.25) is 0 Å². The second-order valence-electron chi connectivity index (χ2n) is 3.11. The molecule has 11 heavy (non-hydrogen) atoms. The van der Waals surface area contributed by atoms with Gasteiger partial charge < -0.3 is 0 Å². The number of alkyl halides is 3. The Morgan fingerprint density at radius 1 is 1.45 bits per heavy atom. The van der Waals surface area contributed by atoms with Crippen LogP contribution in [0.4, 0.5) is 13.2 Å². The van der Waals surface area contributed by atoms with E-state index >= 15 is 0 Å². The highest BCUT2D eigenvalue weighted by molar-refractivity contribution is 5.87. The molecule has 1 atom stereocenters. The molecule has 1 fully saturated rings. The summed E-state index contributed by atoms with van der Waals surface area (Å²) in [5.41, 5.74) is -2.05. The molecular weight excluding hydrogens is 157 g/mol. The molecule has 0 aromatic heterocycles. The van der Waals surface area contributed by atoms with E-state index in [0.29, 0.717) is 6.42 Å². The Morgan fingerprint density at radius 3 is 2.18 bits per heavy atom. The predicted octanol–water partition coefficient (Wildman–Crippen LogP) is 2.31. The van der Waals surface area contributed by atoms with Crippen molar-refractivity contribution in [2.45, 2.75) is 32.4 Å². The molecule has 0 unspecified atom stereocenters. The summed E-state index contributed by atoms with van der Waals surface area (Å²) in [5, 5.41) is 0. The molecule has 0 heterocycles. The fourth-order valence-corrected chi connectivity index (χ4v) is 1.32. The van der Waals surface area contributed by atoms with Gasteiger partial charge in [0, 0.05) is 6.42 Å². The molecule has 64 valence electrons. The van der Waals surface area contributed by atoms with Crippen molar-refractivity contribution < 1.29 is 18.0 Å². The number of ketones is 1. The molecule has 0 aromatic carbocycles. The second-order valence-corrected chi connectivity index (χ2v) is 3.11. The van der Waals surface area contributed by atoms with Gasteiger partial charge in [0.25, 0.3) is 0 Å². The summed E-state index contributed by atoms with van der Waals surface area (Å²) in [6.45, 7) is 0.988. The Morgan fingerprint density at radius 2 is 2.00 bits per heavy atom. The monoisotopic (exact) mass is 166 g/mol. The summed E-state index contributed by atoms with van der Waals surface area (Å²) in [5.74, 6) is -0.662. The van der Waals surface area contributed by atoms with Gasteiger partial charge in [0.2, 0.25) is 0 Å². The molecule has 0 spiro atoms. The largest absolute Gasteiger partial charge is 0.401 e. The maximum Gasteiger partial charge on any atom is 0.401 e. The van der Waals surface area contributed by atoms with Crippen LogP contribution in [-0.4, -0.2) is 12.0 Å². The minimum absolute atomic E-state index is 0.0463. The summed E-state index contributed by atoms with van der Waals surface area (Å²) >= 11 is 0. The molecule has 0 N–H and O–H groups in total. The fourth-order valence-electron chi connectivity index (χ4n) is 1.32. The van der Waals surface area contributed by atoms with Gasteiger partial charge in [-0.25, -0.2) is 0 Å². The Labute approximate surface area is 62.6 Å². The topological polar surface area (TPSA) is 17.1 Å². The van der Waals surface area contributed by atoms with Gasteiger partial charge in [0.05, 0.1) is 0 Å². The fraction of sp³-hybridized carbons (Fsp3) is 0.857. The van der Waals surface area contributed by atoms with E-state index in [1.54, 1.807) is 0 Å². The van der Waals surface area contributed by atoms with E-state index in [4.69, 9.17) is 0 Å². The third-order valence-electron chi connectivity index (χ3n) is 2.32. The number of carbonyl (C=O) groups is 1. The van der Waals surface area contributed by atoms with Gasteiger partial charge in [-0.05, 0) is 19.8 Å². The second kappa shape index (κ2) is 2.22. The van der Waals surface area contributed by atoms with E-state index in [-0.39, 0.29) is 12.8 Å². The van der Waals surface area contributed by atoms with Gasteiger partial charge in [0.1, 0.15) is 11.2 Å². The first kappa shape index (κ1) is 8.56. The van der Waals surface area contributed by atoms with E-state index < -0.39 is 17.4 Å². The van der Waals surface area contributed by atoms with E-state index in [1.165, 1.54) is 0 Å². The minimum atomic E-state index is -4.36. The first-order valence-electron chi connectivity index (χ1n) is 3.48. The number of rotatable bonds is 0. The maximum atomic E-state index is 12.2. The molecular formula is C7H9F3O. The molecule has 0 saturated heterocycles. The summed E-state index contributed by atoms with van der Waals surface area (Å²) in [6, 6.07) is 0. The van der Waals surface area contributed by atoms with Crippen molar-refractivity contribution in [3.8, 4) is 0 Å². The molecule has 1 aliphatic carbocycles. The van der Waals surface area contributed by atoms with Crippen LogP contribution >= 0.6 is 0 Å². The highest BCUT2D eigenvalue weighted by Crippen LogP contribution is 2.47. The number of carbonyl (C=O) groups excluding carboxylic acids is 1. The Hall–Kier alpha value is -0.540. The lowest BCUT2D eigenvalue weighted by Gasteiger charge is -2.24. The van der Waals surface area contributed by atoms with Crippen LogP contribution in [0, 0.1) is 5.41 Å². The van der Waals surface area contributed by atoms with Crippen LogP contribution in [0.1, 0.15) is 26.2 Å². The third kappa shape index (κ3) is 1.14. The van der Waals surface area contributed by atoms with Gasteiger partial charge >= 0.3 is 6.18 Å². The van der Waals surface area contributed by atoms with Crippen LogP contribution in [0.5, 0.6) is 0 Å². The lowest BCUT2D eigenvalue weighted by molar-refractivity contribution is -0.211. The molecule has 1 rings (SSSR count). The van der Waals surface area contributed by atoms with Crippen LogP contribution in [0.3, 0.4) is 0 Å². The summed E-state index contributed by atoms with van der Waals surface area (Å²) < 4.78 is 36.5. The Kier molecular flexibility index (Phi) is 1.73. The summed E-state index contributed by atoms with van der Waals surface area (Å²) in [6.07, 6.45) is -3.96. The lowest BCUT2D eigenvalue weighted by Crippen LogP contribution is -2.38. The number of hydrogen-bond donors (Lipinski definition) is 0. The lowest BCUT2D eigenvalue weighted by atomic mass is 9.87. The van der Waals surface area contributed by atoms with Crippen molar-refractivity contribution in [2.24, 2.45) is 5.41 Å².